The van der Waals surface area contributed by atoms with E-state index in [4.69, 9.17) is 18.0 Å². The predicted octanol–water partition coefficient (Wildman–Crippen LogP) is 4.34. The zero-order valence-electron chi connectivity index (χ0n) is 10.0. The normalized spacial score (nSPS) is 9.53. The van der Waals surface area contributed by atoms with Gasteiger partial charge in [0.1, 0.15) is 10.2 Å². The van der Waals surface area contributed by atoms with E-state index in [1.54, 1.807) is 0 Å². The highest BCUT2D eigenvalue weighted by Crippen LogP contribution is 2.35. The summed E-state index contributed by atoms with van der Waals surface area (Å²) in [6, 6.07) is 5.90. The molecule has 0 aliphatic rings. The van der Waals surface area contributed by atoms with Gasteiger partial charge in [0.15, 0.2) is 0 Å². The van der Waals surface area contributed by atoms with Crippen molar-refractivity contribution in [2.75, 3.05) is 0 Å². The molecule has 1 aromatic carbocycles. The Labute approximate surface area is 125 Å². The van der Waals surface area contributed by atoms with Gasteiger partial charge in [-0.2, -0.15) is 0 Å². The van der Waals surface area contributed by atoms with Gasteiger partial charge in [-0.3, -0.25) is 0 Å². The molecule has 3 radical (unpaired) electrons. The standard InChI is InChI=1S/C16H8ClSSi/c1-4-10(2)14-9-15-12(8-16(17)18-15)7-13(14)11(3)5-6-19/h1,7-9H,2-3H2. The summed E-state index contributed by atoms with van der Waals surface area (Å²) in [5.74, 6) is 5.45. The maximum Gasteiger partial charge on any atom is 0.147 e. The highest BCUT2D eigenvalue weighted by atomic mass is 35.5. The summed E-state index contributed by atoms with van der Waals surface area (Å²) in [5.41, 5.74) is 5.70. The van der Waals surface area contributed by atoms with Crippen molar-refractivity contribution in [2.24, 2.45) is 0 Å². The van der Waals surface area contributed by atoms with E-state index < -0.39 is 0 Å². The van der Waals surface area contributed by atoms with E-state index in [1.807, 2.05) is 18.2 Å². The third-order valence-electron chi connectivity index (χ3n) is 2.66. The van der Waals surface area contributed by atoms with Gasteiger partial charge in [0.25, 0.3) is 0 Å². The third-order valence-corrected chi connectivity index (χ3v) is 4.02. The number of halogens is 1. The molecule has 0 bridgehead atoms. The predicted molar refractivity (Wildman–Crippen MR) is 87.3 cm³/mol. The molecule has 2 aromatic rings. The van der Waals surface area contributed by atoms with E-state index in [2.05, 4.69) is 40.8 Å². The SMILES string of the molecule is C#CC(=C)c1cc2sc(Cl)cc2cc1C(=C)C#C[Si]. The van der Waals surface area contributed by atoms with Gasteiger partial charge >= 0.3 is 0 Å². The highest BCUT2D eigenvalue weighted by Gasteiger charge is 2.11. The molecule has 0 N–H and O–H groups in total. The van der Waals surface area contributed by atoms with Crippen molar-refractivity contribution in [2.45, 2.75) is 0 Å². The minimum Gasteiger partial charge on any atom is -0.133 e. The Morgan fingerprint density at radius 2 is 1.89 bits per heavy atom. The van der Waals surface area contributed by atoms with Crippen LogP contribution in [0.1, 0.15) is 11.1 Å². The summed E-state index contributed by atoms with van der Waals surface area (Å²) in [6.45, 7) is 7.86. The summed E-state index contributed by atoms with van der Waals surface area (Å²) in [7, 11) is 3.12. The molecule has 0 nitrogen and oxygen atoms in total. The summed E-state index contributed by atoms with van der Waals surface area (Å²) < 4.78 is 1.81. The first kappa shape index (κ1) is 13.7. The van der Waals surface area contributed by atoms with E-state index in [1.165, 1.54) is 11.3 Å². The molecule has 2 rings (SSSR count). The quantitative estimate of drug-likeness (QED) is 0.571. The summed E-state index contributed by atoms with van der Waals surface area (Å²) in [6.07, 6.45) is 5.45. The maximum absolute atomic E-state index is 6.04. The zero-order chi connectivity index (χ0) is 14.0. The van der Waals surface area contributed by atoms with Gasteiger partial charge in [-0.05, 0) is 34.7 Å². The van der Waals surface area contributed by atoms with E-state index in [0.717, 1.165) is 25.5 Å². The fourth-order valence-corrected chi connectivity index (χ4v) is 3.10. The van der Waals surface area contributed by atoms with Gasteiger partial charge in [-0.1, -0.05) is 36.6 Å². The smallest absolute Gasteiger partial charge is 0.133 e. The Balaban J connectivity index is 2.76. The van der Waals surface area contributed by atoms with Crippen molar-refractivity contribution in [1.29, 1.82) is 0 Å². The number of allylic oxidation sites excluding steroid dienone is 2. The second kappa shape index (κ2) is 5.51. The third kappa shape index (κ3) is 2.67. The first-order valence-electron chi connectivity index (χ1n) is 5.33. The topological polar surface area (TPSA) is 0 Å². The largest absolute Gasteiger partial charge is 0.147 e. The van der Waals surface area contributed by atoms with Crippen LogP contribution in [0.5, 0.6) is 0 Å². The molecule has 0 atom stereocenters. The Bertz CT molecular complexity index is 794. The van der Waals surface area contributed by atoms with Gasteiger partial charge < -0.3 is 0 Å². The second-order valence-corrected chi connectivity index (χ2v) is 5.80. The van der Waals surface area contributed by atoms with Crippen molar-refractivity contribution < 1.29 is 0 Å². The van der Waals surface area contributed by atoms with Crippen molar-refractivity contribution in [1.82, 2.24) is 0 Å². The van der Waals surface area contributed by atoms with Gasteiger partial charge in [-0.15, -0.1) is 23.3 Å². The Morgan fingerprint density at radius 3 is 2.53 bits per heavy atom. The van der Waals surface area contributed by atoms with E-state index >= 15 is 0 Å². The molecule has 0 saturated carbocycles. The first-order chi connectivity index (χ1) is 9.06. The minimum absolute atomic E-state index is 0.610. The van der Waals surface area contributed by atoms with Crippen molar-refractivity contribution in [3.8, 4) is 23.8 Å². The summed E-state index contributed by atoms with van der Waals surface area (Å²) in [4.78, 5) is 0. The molecule has 89 valence electrons. The molecule has 1 aromatic heterocycles. The summed E-state index contributed by atoms with van der Waals surface area (Å²) in [5, 5.41) is 1.05. The average Bonchev–Trinajstić information content (AvgIpc) is 2.75. The molecule has 0 unspecified atom stereocenters. The van der Waals surface area contributed by atoms with Crippen LogP contribution in [0.2, 0.25) is 4.34 Å². The first-order valence-corrected chi connectivity index (χ1v) is 7.02. The molecular weight excluding hydrogens is 288 g/mol. The zero-order valence-corrected chi connectivity index (χ0v) is 12.6. The van der Waals surface area contributed by atoms with Crippen LogP contribution in [-0.2, 0) is 0 Å². The van der Waals surface area contributed by atoms with Gasteiger partial charge in [0.2, 0.25) is 0 Å². The maximum atomic E-state index is 6.04. The molecule has 0 fully saturated rings. The number of terminal acetylenes is 1. The number of thiophene rings is 1. The van der Waals surface area contributed by atoms with Crippen LogP contribution in [0, 0.1) is 23.8 Å². The summed E-state index contributed by atoms with van der Waals surface area (Å²) >= 11 is 7.55. The molecule has 0 amide bonds. The lowest BCUT2D eigenvalue weighted by atomic mass is 9.95. The van der Waals surface area contributed by atoms with Crippen LogP contribution in [0.4, 0.5) is 0 Å². The van der Waals surface area contributed by atoms with Crippen LogP contribution in [0.3, 0.4) is 0 Å². The Morgan fingerprint density at radius 1 is 1.21 bits per heavy atom. The van der Waals surface area contributed by atoms with Gasteiger partial charge in [0, 0.05) is 15.8 Å². The molecule has 19 heavy (non-hydrogen) atoms. The number of hydrogen-bond donors (Lipinski definition) is 0. The molecule has 0 spiro atoms. The van der Waals surface area contributed by atoms with E-state index in [0.29, 0.717) is 11.1 Å². The molecule has 0 aliphatic carbocycles. The fourth-order valence-electron chi connectivity index (χ4n) is 1.77. The number of rotatable bonds is 2. The van der Waals surface area contributed by atoms with Crippen LogP contribution < -0.4 is 0 Å². The lowest BCUT2D eigenvalue weighted by molar-refractivity contribution is 1.65. The van der Waals surface area contributed by atoms with Crippen LogP contribution in [0.15, 0.2) is 31.4 Å². The van der Waals surface area contributed by atoms with Gasteiger partial charge in [-0.25, -0.2) is 0 Å². The van der Waals surface area contributed by atoms with Crippen molar-refractivity contribution >= 4 is 54.4 Å². The lowest BCUT2D eigenvalue weighted by Gasteiger charge is -2.08. The average molecular weight is 296 g/mol. The monoisotopic (exact) mass is 295 g/mol. The molecule has 0 saturated heterocycles. The van der Waals surface area contributed by atoms with Crippen LogP contribution in [-0.4, -0.2) is 10.2 Å². The van der Waals surface area contributed by atoms with E-state index in [-0.39, 0.29) is 0 Å². The Kier molecular flexibility index (Phi) is 3.98. The number of fused-ring (bicyclic) bond motifs is 1. The molecule has 3 heteroatoms. The second-order valence-electron chi connectivity index (χ2n) is 3.84. The fraction of sp³-hybridized carbons (Fsp3) is 0. The number of benzene rings is 1. The van der Waals surface area contributed by atoms with Crippen LogP contribution >= 0.6 is 22.9 Å². The Hall–Kier alpha value is -1.71. The van der Waals surface area contributed by atoms with Crippen LogP contribution in [0.25, 0.3) is 21.2 Å². The van der Waals surface area contributed by atoms with Crippen molar-refractivity contribution in [3.63, 3.8) is 0 Å². The minimum atomic E-state index is 0.610. The highest BCUT2D eigenvalue weighted by molar-refractivity contribution is 7.22. The van der Waals surface area contributed by atoms with Crippen molar-refractivity contribution in [3.05, 3.63) is 46.8 Å². The molecule has 1 heterocycles. The molecular formula is C16H8ClSSi. The lowest BCUT2D eigenvalue weighted by Crippen LogP contribution is -1.90. The van der Waals surface area contributed by atoms with Gasteiger partial charge in [0.05, 0.1) is 4.34 Å². The molecule has 0 aliphatic heterocycles. The van der Waals surface area contributed by atoms with E-state index in [9.17, 15) is 0 Å². The number of hydrogen-bond acceptors (Lipinski definition) is 1.